The van der Waals surface area contributed by atoms with Crippen molar-refractivity contribution in [3.63, 3.8) is 0 Å². The third-order valence-electron chi connectivity index (χ3n) is 7.40. The van der Waals surface area contributed by atoms with Gasteiger partial charge in [-0.1, -0.05) is 6.08 Å². The van der Waals surface area contributed by atoms with Gasteiger partial charge in [0.15, 0.2) is 0 Å². The van der Waals surface area contributed by atoms with Gasteiger partial charge in [0, 0.05) is 24.8 Å². The van der Waals surface area contributed by atoms with Crippen LogP contribution in [0.5, 0.6) is 0 Å². The summed E-state index contributed by atoms with van der Waals surface area (Å²) in [5, 5.41) is 18.2. The summed E-state index contributed by atoms with van der Waals surface area (Å²) in [4.78, 5) is 12.6. The number of aliphatic hydroxyl groups excluding tert-OH is 1. The van der Waals surface area contributed by atoms with Gasteiger partial charge in [0.25, 0.3) is 0 Å². The zero-order chi connectivity index (χ0) is 22.6. The van der Waals surface area contributed by atoms with E-state index in [0.717, 1.165) is 54.2 Å². The van der Waals surface area contributed by atoms with Crippen LogP contribution in [0, 0.1) is 0 Å². The highest BCUT2D eigenvalue weighted by atomic mass is 32.2. The van der Waals surface area contributed by atoms with Crippen molar-refractivity contribution in [3.8, 4) is 0 Å². The predicted molar refractivity (Wildman–Crippen MR) is 126 cm³/mol. The minimum absolute atomic E-state index is 0.0552. The maximum Gasteiger partial charge on any atom is 0.228 e. The molecule has 9 nitrogen and oxygen atoms in total. The van der Waals surface area contributed by atoms with Crippen molar-refractivity contribution in [2.45, 2.75) is 68.7 Å². The lowest BCUT2D eigenvalue weighted by molar-refractivity contribution is 0.0800. The summed E-state index contributed by atoms with van der Waals surface area (Å²) in [7, 11) is -1.09. The first kappa shape index (κ1) is 21.2. The fourth-order valence-corrected chi connectivity index (χ4v) is 6.52. The highest BCUT2D eigenvalue weighted by Gasteiger charge is 2.39. The number of rotatable bonds is 5. The monoisotopic (exact) mass is 470 g/mol. The fraction of sp³-hybridized carbons (Fsp3) is 0.609. The second-order valence-electron chi connectivity index (χ2n) is 9.60. The zero-order valence-electron chi connectivity index (χ0n) is 18.9. The molecule has 2 atom stereocenters. The molecule has 0 unspecified atom stereocenters. The van der Waals surface area contributed by atoms with Gasteiger partial charge in [-0.15, -0.1) is 0 Å². The van der Waals surface area contributed by atoms with E-state index in [1.54, 1.807) is 0 Å². The lowest BCUT2D eigenvalue weighted by Gasteiger charge is -2.42. The third kappa shape index (κ3) is 3.68. The average Bonchev–Trinajstić information content (AvgIpc) is 3.40. The molecule has 1 saturated carbocycles. The molecule has 5 heterocycles. The highest BCUT2D eigenvalue weighted by Crippen LogP contribution is 2.39. The lowest BCUT2D eigenvalue weighted by atomic mass is 9.77. The van der Waals surface area contributed by atoms with E-state index < -0.39 is 10.8 Å². The molecule has 0 spiro atoms. The van der Waals surface area contributed by atoms with Crippen molar-refractivity contribution in [1.29, 1.82) is 0 Å². The number of hydrogen-bond acceptors (Lipinski definition) is 8. The summed E-state index contributed by atoms with van der Waals surface area (Å²) in [5.74, 6) is 1.90. The molecule has 1 fully saturated rings. The molecule has 2 aromatic heterocycles. The molecule has 10 heteroatoms. The topological polar surface area (TPSA) is 105 Å². The number of aryl methyl sites for hydroxylation is 1. The molecule has 2 N–H and O–H groups in total. The summed E-state index contributed by atoms with van der Waals surface area (Å²) in [6.45, 7) is 5.08. The standard InChI is InChI=1S/C23H30N6O3S/c1-15-11-16(19-12-17-13-32-9-8-29(17)27-19)3-7-28(15)22-24-18-4-10-33(31)20(18)21(25-22)26-23(14-30)5-2-6-23/h3,12,15,30H,2,4-11,13-14H2,1H3,(H,24,25,26)/t15-,33+/m0/s1. The average molecular weight is 471 g/mol. The van der Waals surface area contributed by atoms with Crippen LogP contribution in [0.1, 0.15) is 49.7 Å². The first-order chi connectivity index (χ1) is 16.0. The van der Waals surface area contributed by atoms with Crippen LogP contribution in [-0.4, -0.2) is 66.2 Å². The quantitative estimate of drug-likeness (QED) is 0.683. The van der Waals surface area contributed by atoms with Gasteiger partial charge in [0.2, 0.25) is 5.95 Å². The molecule has 4 aliphatic rings. The molecule has 0 radical (unpaired) electrons. The van der Waals surface area contributed by atoms with Crippen LogP contribution < -0.4 is 10.2 Å². The Morgan fingerprint density at radius 1 is 1.36 bits per heavy atom. The van der Waals surface area contributed by atoms with Gasteiger partial charge in [-0.2, -0.15) is 10.1 Å². The number of anilines is 2. The number of nitrogens with zero attached hydrogens (tertiary/aromatic N) is 5. The van der Waals surface area contributed by atoms with E-state index in [1.165, 1.54) is 5.57 Å². The van der Waals surface area contributed by atoms with Gasteiger partial charge in [0.1, 0.15) is 10.7 Å². The van der Waals surface area contributed by atoms with Crippen LogP contribution in [0.3, 0.4) is 0 Å². The Morgan fingerprint density at radius 3 is 2.97 bits per heavy atom. The Hall–Kier alpha value is -2.30. The molecule has 0 aromatic carbocycles. The second-order valence-corrected chi connectivity index (χ2v) is 11.1. The Labute approximate surface area is 195 Å². The summed E-state index contributed by atoms with van der Waals surface area (Å²) in [6, 6.07) is 2.34. The van der Waals surface area contributed by atoms with Crippen molar-refractivity contribution in [1.82, 2.24) is 19.7 Å². The zero-order valence-corrected chi connectivity index (χ0v) is 19.7. The number of aliphatic hydroxyl groups is 1. The fourth-order valence-electron chi connectivity index (χ4n) is 5.21. The van der Waals surface area contributed by atoms with E-state index in [4.69, 9.17) is 19.8 Å². The second kappa shape index (κ2) is 8.18. The van der Waals surface area contributed by atoms with Gasteiger partial charge >= 0.3 is 0 Å². The Kier molecular flexibility index (Phi) is 5.26. The largest absolute Gasteiger partial charge is 0.394 e. The third-order valence-corrected chi connectivity index (χ3v) is 8.86. The summed E-state index contributed by atoms with van der Waals surface area (Å²) in [6.07, 6.45) is 6.65. The smallest absolute Gasteiger partial charge is 0.228 e. The van der Waals surface area contributed by atoms with E-state index in [-0.39, 0.29) is 18.2 Å². The SMILES string of the molecule is C[C@H]1CC(c2cc3n(n2)CCOC3)=CCN1c1nc2c(c(NC3(CO)CCC3)n1)[S@](=O)CC2. The van der Waals surface area contributed by atoms with Crippen molar-refractivity contribution >= 4 is 28.1 Å². The number of fused-ring (bicyclic) bond motifs is 2. The minimum atomic E-state index is -1.09. The van der Waals surface area contributed by atoms with E-state index in [0.29, 0.717) is 43.7 Å². The van der Waals surface area contributed by atoms with Gasteiger partial charge in [-0.05, 0) is 44.2 Å². The van der Waals surface area contributed by atoms with E-state index in [9.17, 15) is 9.32 Å². The first-order valence-electron chi connectivity index (χ1n) is 11.8. The molecule has 33 heavy (non-hydrogen) atoms. The van der Waals surface area contributed by atoms with Crippen molar-refractivity contribution in [3.05, 3.63) is 29.2 Å². The molecule has 3 aliphatic heterocycles. The lowest BCUT2D eigenvalue weighted by Crippen LogP contribution is -2.49. The minimum Gasteiger partial charge on any atom is -0.394 e. The van der Waals surface area contributed by atoms with Gasteiger partial charge in [-0.25, -0.2) is 4.98 Å². The highest BCUT2D eigenvalue weighted by molar-refractivity contribution is 7.85. The van der Waals surface area contributed by atoms with Crippen LogP contribution in [0.25, 0.3) is 5.57 Å². The van der Waals surface area contributed by atoms with Gasteiger partial charge in [-0.3, -0.25) is 8.89 Å². The number of ether oxygens (including phenoxy) is 1. The summed E-state index contributed by atoms with van der Waals surface area (Å²) >= 11 is 0. The molecular formula is C23H30N6O3S. The van der Waals surface area contributed by atoms with Crippen molar-refractivity contribution in [2.75, 3.05) is 35.7 Å². The molecule has 0 saturated heterocycles. The summed E-state index contributed by atoms with van der Waals surface area (Å²) < 4.78 is 20.3. The molecule has 1 aliphatic carbocycles. The number of aromatic nitrogens is 4. The van der Waals surface area contributed by atoms with Crippen LogP contribution >= 0.6 is 0 Å². The maximum atomic E-state index is 12.7. The Morgan fingerprint density at radius 2 is 2.24 bits per heavy atom. The summed E-state index contributed by atoms with van der Waals surface area (Å²) in [5.41, 5.74) is 3.93. The van der Waals surface area contributed by atoms with Crippen LogP contribution in [0.15, 0.2) is 17.0 Å². The molecule has 0 bridgehead atoms. The van der Waals surface area contributed by atoms with Crippen LogP contribution in [0.2, 0.25) is 0 Å². The molecule has 2 aromatic rings. The Balaban J connectivity index is 1.29. The first-order valence-corrected chi connectivity index (χ1v) is 13.2. The number of nitrogens with one attached hydrogen (secondary N) is 1. The van der Waals surface area contributed by atoms with Gasteiger partial charge < -0.3 is 20.1 Å². The van der Waals surface area contributed by atoms with E-state index in [2.05, 4.69) is 34.0 Å². The predicted octanol–water partition coefficient (Wildman–Crippen LogP) is 1.88. The Bertz CT molecular complexity index is 1110. The van der Waals surface area contributed by atoms with E-state index in [1.807, 2.05) is 0 Å². The molecule has 0 amide bonds. The maximum absolute atomic E-state index is 12.7. The van der Waals surface area contributed by atoms with Crippen molar-refractivity contribution < 1.29 is 14.1 Å². The van der Waals surface area contributed by atoms with Crippen LogP contribution in [0.4, 0.5) is 11.8 Å². The van der Waals surface area contributed by atoms with Crippen molar-refractivity contribution in [2.24, 2.45) is 0 Å². The molecule has 6 rings (SSSR count). The van der Waals surface area contributed by atoms with E-state index >= 15 is 0 Å². The molecule has 176 valence electrons. The van der Waals surface area contributed by atoms with Gasteiger partial charge in [0.05, 0.1) is 59.8 Å². The number of hydrogen-bond donors (Lipinski definition) is 2. The molecular weight excluding hydrogens is 440 g/mol. The normalized spacial score (nSPS) is 25.8. The van der Waals surface area contributed by atoms with Crippen LogP contribution in [-0.2, 0) is 35.1 Å².